The molecule has 0 saturated heterocycles. The van der Waals surface area contributed by atoms with E-state index in [1.807, 2.05) is 18.5 Å². The highest BCUT2D eigenvalue weighted by molar-refractivity contribution is 5.90. The number of para-hydroxylation sites is 2. The zero-order valence-corrected chi connectivity index (χ0v) is 20.6. The number of nitrogens with zero attached hydrogens (tertiary/aromatic N) is 2. The third-order valence-corrected chi connectivity index (χ3v) is 10.5. The molecule has 7 unspecified atom stereocenters. The lowest BCUT2D eigenvalue weighted by molar-refractivity contribution is -0.158. The van der Waals surface area contributed by atoms with Crippen molar-refractivity contribution in [1.29, 1.82) is 0 Å². The first-order valence-corrected chi connectivity index (χ1v) is 13.1. The molecule has 5 heteroatoms. The molecule has 2 aromatic rings. The third kappa shape index (κ3) is 3.08. The molecular formula is C29H36N2O3. The topological polar surface area (TPSA) is 61.2 Å². The van der Waals surface area contributed by atoms with Crippen molar-refractivity contribution in [3.8, 4) is 0 Å². The van der Waals surface area contributed by atoms with E-state index in [-0.39, 0.29) is 17.5 Å². The molecule has 7 atom stereocenters. The first kappa shape index (κ1) is 22.1. The van der Waals surface area contributed by atoms with Crippen LogP contribution >= 0.6 is 0 Å². The van der Waals surface area contributed by atoms with Crippen molar-refractivity contribution in [2.75, 3.05) is 0 Å². The zero-order chi connectivity index (χ0) is 23.7. The first-order valence-electron chi connectivity index (χ1n) is 13.1. The van der Waals surface area contributed by atoms with Gasteiger partial charge in [-0.05, 0) is 92.6 Å². The summed E-state index contributed by atoms with van der Waals surface area (Å²) in [6, 6.07) is 8.25. The van der Waals surface area contributed by atoms with Crippen LogP contribution in [0.15, 0.2) is 36.2 Å². The van der Waals surface area contributed by atoms with Gasteiger partial charge >= 0.3 is 5.97 Å². The summed E-state index contributed by atoms with van der Waals surface area (Å²) in [4.78, 5) is 28.6. The molecule has 1 aromatic heterocycles. The largest absolute Gasteiger partial charge is 0.463 e. The first-order chi connectivity index (χ1) is 16.3. The minimum Gasteiger partial charge on any atom is -0.463 e. The molecule has 0 radical (unpaired) electrons. The van der Waals surface area contributed by atoms with E-state index in [1.54, 1.807) is 0 Å². The van der Waals surface area contributed by atoms with Crippen LogP contribution < -0.4 is 0 Å². The average Bonchev–Trinajstić information content (AvgIpc) is 3.36. The maximum absolute atomic E-state index is 12.4. The van der Waals surface area contributed by atoms with E-state index in [0.717, 1.165) is 55.0 Å². The number of esters is 1. The SMILES string of the molecule is CC(=O)OC1CCC2(C)C(CCC3C4CC(C=O)=C(n5cnc6ccccc65)C4(C)CCC32)C1. The van der Waals surface area contributed by atoms with Crippen LogP contribution in [-0.2, 0) is 14.3 Å². The van der Waals surface area contributed by atoms with Crippen molar-refractivity contribution < 1.29 is 14.3 Å². The maximum Gasteiger partial charge on any atom is 0.302 e. The highest BCUT2D eigenvalue weighted by Gasteiger charge is 2.60. The Morgan fingerprint density at radius 3 is 2.74 bits per heavy atom. The standard InChI is InChI=1S/C29H36N2O3/c1-18(33)34-21-10-12-28(2)20(15-21)8-9-22-23(28)11-13-29(3)24(22)14-19(16-32)27(29)31-17-30-25-6-4-5-7-26(25)31/h4-7,16-17,20-24H,8-15H2,1-3H3. The van der Waals surface area contributed by atoms with Crippen LogP contribution in [0.5, 0.6) is 0 Å². The molecule has 5 nitrogen and oxygen atoms in total. The van der Waals surface area contributed by atoms with E-state index in [1.165, 1.54) is 31.9 Å². The molecule has 4 aliphatic carbocycles. The molecule has 34 heavy (non-hydrogen) atoms. The van der Waals surface area contributed by atoms with Crippen LogP contribution in [0.2, 0.25) is 0 Å². The number of hydrogen-bond acceptors (Lipinski definition) is 4. The summed E-state index contributed by atoms with van der Waals surface area (Å²) >= 11 is 0. The number of aldehydes is 1. The highest BCUT2D eigenvalue weighted by atomic mass is 16.5. The summed E-state index contributed by atoms with van der Waals surface area (Å²) in [6.45, 7) is 6.47. The third-order valence-electron chi connectivity index (χ3n) is 10.5. The molecule has 1 aromatic carbocycles. The number of ether oxygens (including phenoxy) is 1. The van der Waals surface area contributed by atoms with Gasteiger partial charge in [-0.1, -0.05) is 26.0 Å². The van der Waals surface area contributed by atoms with Gasteiger partial charge < -0.3 is 9.30 Å². The van der Waals surface area contributed by atoms with Crippen molar-refractivity contribution in [1.82, 2.24) is 9.55 Å². The zero-order valence-electron chi connectivity index (χ0n) is 20.6. The fourth-order valence-corrected chi connectivity index (χ4v) is 8.92. The van der Waals surface area contributed by atoms with Crippen molar-refractivity contribution in [2.45, 2.75) is 78.2 Å². The van der Waals surface area contributed by atoms with E-state index in [4.69, 9.17) is 4.74 Å². The van der Waals surface area contributed by atoms with Gasteiger partial charge in [0, 0.05) is 23.6 Å². The van der Waals surface area contributed by atoms with Gasteiger partial charge in [0.2, 0.25) is 0 Å². The van der Waals surface area contributed by atoms with Crippen LogP contribution in [0.4, 0.5) is 0 Å². The van der Waals surface area contributed by atoms with Crippen molar-refractivity contribution in [3.63, 3.8) is 0 Å². The van der Waals surface area contributed by atoms with Gasteiger partial charge in [-0.3, -0.25) is 9.59 Å². The lowest BCUT2D eigenvalue weighted by Gasteiger charge is -2.60. The summed E-state index contributed by atoms with van der Waals surface area (Å²) in [5, 5.41) is 0. The summed E-state index contributed by atoms with van der Waals surface area (Å²) in [7, 11) is 0. The number of carbonyl (C=O) groups excluding carboxylic acids is 2. The second kappa shape index (κ2) is 7.79. The van der Waals surface area contributed by atoms with Gasteiger partial charge in [0.05, 0.1) is 11.0 Å². The Balaban J connectivity index is 1.32. The van der Waals surface area contributed by atoms with E-state index in [0.29, 0.717) is 29.1 Å². The molecular weight excluding hydrogens is 424 g/mol. The van der Waals surface area contributed by atoms with Gasteiger partial charge in [-0.25, -0.2) is 4.98 Å². The van der Waals surface area contributed by atoms with Crippen molar-refractivity contribution in [2.24, 2.45) is 34.5 Å². The van der Waals surface area contributed by atoms with Gasteiger partial charge in [0.15, 0.2) is 0 Å². The van der Waals surface area contributed by atoms with Crippen molar-refractivity contribution >= 4 is 29.0 Å². The second-order valence-corrected chi connectivity index (χ2v) is 11.9. The van der Waals surface area contributed by atoms with Gasteiger partial charge in [-0.2, -0.15) is 0 Å². The van der Waals surface area contributed by atoms with E-state index in [2.05, 4.69) is 35.5 Å². The molecule has 3 saturated carbocycles. The number of benzene rings is 1. The van der Waals surface area contributed by atoms with Gasteiger partial charge in [0.1, 0.15) is 18.7 Å². The Labute approximate surface area is 202 Å². The smallest absolute Gasteiger partial charge is 0.302 e. The summed E-state index contributed by atoms with van der Waals surface area (Å²) in [5.74, 6) is 2.33. The molecule has 3 fully saturated rings. The number of allylic oxidation sites excluding steroid dienone is 2. The van der Waals surface area contributed by atoms with Crippen LogP contribution in [0, 0.1) is 34.5 Å². The lowest BCUT2D eigenvalue weighted by atomic mass is 9.45. The highest BCUT2D eigenvalue weighted by Crippen LogP contribution is 2.68. The van der Waals surface area contributed by atoms with E-state index >= 15 is 0 Å². The van der Waals surface area contributed by atoms with E-state index in [9.17, 15) is 9.59 Å². The number of rotatable bonds is 3. The van der Waals surface area contributed by atoms with Gasteiger partial charge in [0.25, 0.3) is 0 Å². The molecule has 0 bridgehead atoms. The van der Waals surface area contributed by atoms with Crippen LogP contribution in [0.25, 0.3) is 16.7 Å². The number of aromatic nitrogens is 2. The van der Waals surface area contributed by atoms with E-state index < -0.39 is 0 Å². The molecule has 0 spiro atoms. The van der Waals surface area contributed by atoms with Crippen LogP contribution in [0.1, 0.15) is 72.1 Å². The fraction of sp³-hybridized carbons (Fsp3) is 0.621. The molecule has 0 amide bonds. The predicted molar refractivity (Wildman–Crippen MR) is 132 cm³/mol. The number of imidazole rings is 1. The van der Waals surface area contributed by atoms with Gasteiger partial charge in [-0.15, -0.1) is 0 Å². The normalized spacial score (nSPS) is 39.3. The number of fused-ring (bicyclic) bond motifs is 6. The molecule has 6 rings (SSSR count). The summed E-state index contributed by atoms with van der Waals surface area (Å²) in [6.07, 6.45) is 12.0. The Morgan fingerprint density at radius 1 is 1.12 bits per heavy atom. The quantitative estimate of drug-likeness (QED) is 0.414. The fourth-order valence-electron chi connectivity index (χ4n) is 8.92. The Morgan fingerprint density at radius 2 is 1.94 bits per heavy atom. The van der Waals surface area contributed by atoms with Crippen LogP contribution in [-0.4, -0.2) is 27.9 Å². The maximum atomic E-state index is 12.4. The minimum absolute atomic E-state index is 0.000971. The Kier molecular flexibility index (Phi) is 5.06. The summed E-state index contributed by atoms with van der Waals surface area (Å²) < 4.78 is 7.85. The number of hydrogen-bond donors (Lipinski definition) is 0. The Bertz CT molecular complexity index is 1180. The predicted octanol–water partition coefficient (Wildman–Crippen LogP) is 6.03. The summed E-state index contributed by atoms with van der Waals surface area (Å²) in [5.41, 5.74) is 4.57. The second-order valence-electron chi connectivity index (χ2n) is 11.9. The lowest BCUT2D eigenvalue weighted by Crippen LogP contribution is -2.54. The van der Waals surface area contributed by atoms with Crippen molar-refractivity contribution in [3.05, 3.63) is 36.2 Å². The molecule has 0 N–H and O–H groups in total. The van der Waals surface area contributed by atoms with Crippen LogP contribution in [0.3, 0.4) is 0 Å². The molecule has 0 aliphatic heterocycles. The molecule has 4 aliphatic rings. The molecule has 180 valence electrons. The monoisotopic (exact) mass is 460 g/mol. The molecule has 1 heterocycles. The Hall–Kier alpha value is -2.43. The average molecular weight is 461 g/mol. The number of carbonyl (C=O) groups is 2. The minimum atomic E-state index is -0.145.